The summed E-state index contributed by atoms with van der Waals surface area (Å²) in [5, 5.41) is 18.0. The molecule has 0 saturated carbocycles. The predicted octanol–water partition coefficient (Wildman–Crippen LogP) is 5.13. The third-order valence-electron chi connectivity index (χ3n) is 6.26. The number of carbonyl (C=O) groups excluding carboxylic acids is 1. The number of hydrogen-bond donors (Lipinski definition) is 1. The van der Waals surface area contributed by atoms with Crippen LogP contribution in [0.15, 0.2) is 77.2 Å². The van der Waals surface area contributed by atoms with Gasteiger partial charge in [-0.05, 0) is 53.8 Å². The normalized spacial score (nSPS) is 16.9. The molecule has 1 atom stereocenters. The molecule has 5 rings (SSSR count). The summed E-state index contributed by atoms with van der Waals surface area (Å²) in [6.07, 6.45) is 6.00. The number of carbonyl (C=O) groups is 1. The Morgan fingerprint density at radius 1 is 1.08 bits per heavy atom. The Morgan fingerprint density at radius 2 is 1.86 bits per heavy atom. The highest BCUT2D eigenvalue weighted by atomic mass is 16.6. The Bertz CT molecular complexity index is 1330. The van der Waals surface area contributed by atoms with Gasteiger partial charge in [0.05, 0.1) is 12.6 Å². The molecule has 3 aromatic rings. The predicted molar refractivity (Wildman–Crippen MR) is 137 cm³/mol. The van der Waals surface area contributed by atoms with Crippen LogP contribution in [0.3, 0.4) is 0 Å². The first-order valence-corrected chi connectivity index (χ1v) is 12.2. The molecule has 2 aromatic carbocycles. The zero-order valence-corrected chi connectivity index (χ0v) is 20.7. The monoisotopic (exact) mass is 483 g/mol. The summed E-state index contributed by atoms with van der Waals surface area (Å²) >= 11 is 0. The van der Waals surface area contributed by atoms with Gasteiger partial charge in [-0.25, -0.2) is 14.8 Å². The summed E-state index contributed by atoms with van der Waals surface area (Å²) in [6, 6.07) is 16.4. The van der Waals surface area contributed by atoms with Crippen molar-refractivity contribution >= 4 is 11.8 Å². The Balaban J connectivity index is 1.43. The topological polar surface area (TPSA) is 99.6 Å². The molecule has 0 spiro atoms. The van der Waals surface area contributed by atoms with Gasteiger partial charge >= 0.3 is 6.09 Å². The number of benzene rings is 2. The highest BCUT2D eigenvalue weighted by Crippen LogP contribution is 2.34. The standard InChI is InChI=1S/C27H29N7O2/c1-4-8-23-24(34-25(28-23)15-18(3)17-33(34)27(35)36-5-2)16-19-11-13-20(14-12-19)21-9-6-7-10-22(21)26-29-31-32-30-26/h6-7,9-15,17,24H,4-5,8,16H2,1-3H3,(H,29,30,31,32). The lowest BCUT2D eigenvalue weighted by Crippen LogP contribution is -2.50. The molecule has 0 bridgehead atoms. The lowest BCUT2D eigenvalue weighted by Gasteiger charge is -2.37. The summed E-state index contributed by atoms with van der Waals surface area (Å²) in [6.45, 7) is 6.24. The van der Waals surface area contributed by atoms with Crippen LogP contribution in [0.4, 0.5) is 4.79 Å². The van der Waals surface area contributed by atoms with Gasteiger partial charge in [0.25, 0.3) is 0 Å². The third-order valence-corrected chi connectivity index (χ3v) is 6.26. The molecule has 0 aliphatic carbocycles. The number of nitrogens with one attached hydrogen (secondary N) is 1. The summed E-state index contributed by atoms with van der Waals surface area (Å²) in [5.41, 5.74) is 6.21. The second-order valence-electron chi connectivity index (χ2n) is 8.81. The van der Waals surface area contributed by atoms with E-state index in [1.54, 1.807) is 5.01 Å². The van der Waals surface area contributed by atoms with Crippen molar-refractivity contribution in [1.82, 2.24) is 30.6 Å². The van der Waals surface area contributed by atoms with Crippen LogP contribution in [-0.2, 0) is 11.2 Å². The molecule has 1 aromatic heterocycles. The molecule has 1 N–H and O–H groups in total. The average molecular weight is 484 g/mol. The highest BCUT2D eigenvalue weighted by molar-refractivity contribution is 5.93. The molecule has 9 nitrogen and oxygen atoms in total. The van der Waals surface area contributed by atoms with Crippen molar-refractivity contribution in [1.29, 1.82) is 0 Å². The fourth-order valence-electron chi connectivity index (χ4n) is 4.69. The van der Waals surface area contributed by atoms with Crippen LogP contribution in [0, 0.1) is 0 Å². The van der Waals surface area contributed by atoms with Gasteiger partial charge in [-0.2, -0.15) is 10.2 Å². The van der Waals surface area contributed by atoms with Crippen molar-refractivity contribution in [3.63, 3.8) is 0 Å². The van der Waals surface area contributed by atoms with E-state index in [1.165, 1.54) is 0 Å². The number of rotatable bonds is 7. The van der Waals surface area contributed by atoms with Crippen molar-refractivity contribution in [3.05, 3.63) is 77.8 Å². The summed E-state index contributed by atoms with van der Waals surface area (Å²) in [4.78, 5) is 17.7. The van der Waals surface area contributed by atoms with Crippen LogP contribution in [-0.4, -0.2) is 55.1 Å². The van der Waals surface area contributed by atoms with Crippen LogP contribution >= 0.6 is 0 Å². The van der Waals surface area contributed by atoms with Gasteiger partial charge in [-0.1, -0.05) is 61.9 Å². The first-order valence-electron chi connectivity index (χ1n) is 12.2. The van der Waals surface area contributed by atoms with E-state index in [0.29, 0.717) is 18.9 Å². The molecule has 1 unspecified atom stereocenters. The van der Waals surface area contributed by atoms with E-state index in [0.717, 1.165) is 52.2 Å². The first kappa shape index (κ1) is 23.5. The second-order valence-corrected chi connectivity index (χ2v) is 8.81. The van der Waals surface area contributed by atoms with Crippen molar-refractivity contribution in [2.45, 2.75) is 46.1 Å². The Morgan fingerprint density at radius 3 is 2.56 bits per heavy atom. The van der Waals surface area contributed by atoms with Gasteiger partial charge in [0.2, 0.25) is 5.82 Å². The quantitative estimate of drug-likeness (QED) is 0.500. The van der Waals surface area contributed by atoms with E-state index in [-0.39, 0.29) is 6.04 Å². The number of aromatic amines is 1. The number of ether oxygens (including phenoxy) is 1. The highest BCUT2D eigenvalue weighted by Gasteiger charge is 2.39. The maximum absolute atomic E-state index is 12.8. The first-order chi connectivity index (χ1) is 17.6. The molecule has 36 heavy (non-hydrogen) atoms. The molecule has 2 aliphatic heterocycles. The van der Waals surface area contributed by atoms with E-state index < -0.39 is 6.09 Å². The Hall–Kier alpha value is -4.27. The van der Waals surface area contributed by atoms with Crippen molar-refractivity contribution < 1.29 is 9.53 Å². The average Bonchev–Trinajstić information content (AvgIpc) is 3.53. The minimum absolute atomic E-state index is 0.0672. The van der Waals surface area contributed by atoms with Gasteiger partial charge in [0.1, 0.15) is 5.82 Å². The maximum Gasteiger partial charge on any atom is 0.433 e. The molecule has 0 fully saturated rings. The molecule has 0 saturated heterocycles. The number of aromatic nitrogens is 4. The van der Waals surface area contributed by atoms with E-state index in [4.69, 9.17) is 9.73 Å². The summed E-state index contributed by atoms with van der Waals surface area (Å²) in [5.74, 6) is 1.34. The number of hydrogen-bond acceptors (Lipinski definition) is 7. The largest absolute Gasteiger partial charge is 0.448 e. The zero-order chi connectivity index (χ0) is 25.1. The molecule has 184 valence electrons. The van der Waals surface area contributed by atoms with Gasteiger partial charge in [-0.3, -0.25) is 0 Å². The van der Waals surface area contributed by atoms with Crippen LogP contribution in [0.25, 0.3) is 22.5 Å². The van der Waals surface area contributed by atoms with Crippen molar-refractivity contribution in [2.75, 3.05) is 6.61 Å². The third kappa shape index (κ3) is 4.51. The molecular weight excluding hydrogens is 454 g/mol. The summed E-state index contributed by atoms with van der Waals surface area (Å²) in [7, 11) is 0. The maximum atomic E-state index is 12.8. The molecule has 0 radical (unpaired) electrons. The van der Waals surface area contributed by atoms with Gasteiger partial charge < -0.3 is 4.74 Å². The van der Waals surface area contributed by atoms with Crippen molar-refractivity contribution in [3.8, 4) is 22.5 Å². The van der Waals surface area contributed by atoms with Crippen molar-refractivity contribution in [2.24, 2.45) is 4.99 Å². The SMILES string of the molecule is CCCC1=NC2=CC(C)=CN(C(=O)OCC)N2C1Cc1ccc(-c2ccccc2-c2nn[nH]n2)cc1. The zero-order valence-electron chi connectivity index (χ0n) is 20.7. The molecule has 3 heterocycles. The number of hydrazine groups is 1. The van der Waals surface area contributed by atoms with Gasteiger partial charge in [0, 0.05) is 23.9 Å². The number of tetrazole rings is 1. The van der Waals surface area contributed by atoms with E-state index >= 15 is 0 Å². The lowest BCUT2D eigenvalue weighted by atomic mass is 9.95. The number of H-pyrrole nitrogens is 1. The fraction of sp³-hybridized carbons (Fsp3) is 0.296. The molecule has 1 amide bonds. The number of amides is 1. The fourth-order valence-corrected chi connectivity index (χ4v) is 4.69. The lowest BCUT2D eigenvalue weighted by molar-refractivity contribution is 0.0258. The number of aliphatic imine (C=N–C) groups is 1. The summed E-state index contributed by atoms with van der Waals surface area (Å²) < 4.78 is 5.34. The molecule has 9 heteroatoms. The van der Waals surface area contributed by atoms with Gasteiger partial charge in [-0.15, -0.1) is 10.2 Å². The van der Waals surface area contributed by atoms with Crippen LogP contribution < -0.4 is 0 Å². The second kappa shape index (κ2) is 10.2. The van der Waals surface area contributed by atoms with Crippen LogP contribution in [0.5, 0.6) is 0 Å². The molecular formula is C27H29N7O2. The van der Waals surface area contributed by atoms with Crippen LogP contribution in [0.1, 0.15) is 39.2 Å². The van der Waals surface area contributed by atoms with Gasteiger partial charge in [0.15, 0.2) is 0 Å². The number of allylic oxidation sites excluding steroid dienone is 2. The van der Waals surface area contributed by atoms with Crippen LogP contribution in [0.2, 0.25) is 0 Å². The Labute approximate surface area is 210 Å². The van der Waals surface area contributed by atoms with E-state index in [2.05, 4.69) is 57.9 Å². The minimum atomic E-state index is -0.395. The number of nitrogens with zero attached hydrogens (tertiary/aromatic N) is 6. The molecule has 2 aliphatic rings. The van der Waals surface area contributed by atoms with E-state index in [9.17, 15) is 4.79 Å². The minimum Gasteiger partial charge on any atom is -0.448 e. The smallest absolute Gasteiger partial charge is 0.433 e. The Kier molecular flexibility index (Phi) is 6.62. The number of fused-ring (bicyclic) bond motifs is 1. The van der Waals surface area contributed by atoms with E-state index in [1.807, 2.05) is 49.3 Å².